The highest BCUT2D eigenvalue weighted by molar-refractivity contribution is 5.77. The van der Waals surface area contributed by atoms with Crippen molar-refractivity contribution in [2.45, 2.75) is 25.6 Å². The number of aryl methyl sites for hydroxylation is 1. The summed E-state index contributed by atoms with van der Waals surface area (Å²) in [7, 11) is 3.11. The molecule has 39 heavy (non-hydrogen) atoms. The number of aromatic nitrogens is 2. The van der Waals surface area contributed by atoms with Crippen molar-refractivity contribution in [2.75, 3.05) is 60.2 Å². The fraction of sp³-hybridized carbons (Fsp3) is 0.448. The second kappa shape index (κ2) is 13.5. The van der Waals surface area contributed by atoms with Crippen LogP contribution in [0.3, 0.4) is 0 Å². The number of imidazole rings is 1. The van der Waals surface area contributed by atoms with Crippen molar-refractivity contribution in [3.8, 4) is 17.2 Å². The number of carbonyl (C=O) groups is 1. The van der Waals surface area contributed by atoms with Gasteiger partial charge in [-0.15, -0.1) is 0 Å². The normalized spacial score (nSPS) is 18.0. The van der Waals surface area contributed by atoms with E-state index in [9.17, 15) is 9.90 Å². The van der Waals surface area contributed by atoms with E-state index in [1.165, 1.54) is 7.11 Å². The van der Waals surface area contributed by atoms with Gasteiger partial charge in [0.25, 0.3) is 0 Å². The summed E-state index contributed by atoms with van der Waals surface area (Å²) in [5.41, 5.74) is 0.862. The zero-order chi connectivity index (χ0) is 27.7. The summed E-state index contributed by atoms with van der Waals surface area (Å²) < 4.78 is 24.5. The summed E-state index contributed by atoms with van der Waals surface area (Å²) in [6, 6.07) is 13.5. The van der Waals surface area contributed by atoms with Crippen molar-refractivity contribution in [3.63, 3.8) is 0 Å². The van der Waals surface area contributed by atoms with Crippen molar-refractivity contribution in [2.24, 2.45) is 0 Å². The smallest absolute Gasteiger partial charge is 0.248 e. The Kier molecular flexibility index (Phi) is 9.80. The summed E-state index contributed by atoms with van der Waals surface area (Å²) in [4.78, 5) is 20.5. The van der Waals surface area contributed by atoms with Crippen molar-refractivity contribution in [1.82, 2.24) is 19.4 Å². The minimum absolute atomic E-state index is 0.0333. The molecule has 10 nitrogen and oxygen atoms in total. The maximum Gasteiger partial charge on any atom is 0.248 e. The van der Waals surface area contributed by atoms with Gasteiger partial charge < -0.3 is 33.5 Å². The van der Waals surface area contributed by atoms with E-state index in [0.717, 1.165) is 11.1 Å². The van der Waals surface area contributed by atoms with E-state index in [4.69, 9.17) is 18.9 Å². The first-order chi connectivity index (χ1) is 18.9. The van der Waals surface area contributed by atoms with Crippen LogP contribution in [-0.4, -0.2) is 96.2 Å². The number of amides is 1. The highest BCUT2D eigenvalue weighted by atomic mass is 16.5. The molecule has 4 rings (SSSR count). The van der Waals surface area contributed by atoms with Crippen molar-refractivity contribution in [3.05, 3.63) is 72.3 Å². The lowest BCUT2D eigenvalue weighted by molar-refractivity contribution is -0.138. The first kappa shape index (κ1) is 28.4. The summed E-state index contributed by atoms with van der Waals surface area (Å²) in [5, 5.41) is 11.7. The van der Waals surface area contributed by atoms with Gasteiger partial charge in [0.1, 0.15) is 31.2 Å². The lowest BCUT2D eigenvalue weighted by atomic mass is 10.0. The molecule has 10 heteroatoms. The standard InChI is InChI=1S/C29H38N4O6/c1-23-4-7-25(8-5-23)39-21-29(35)19-32(12-13-33(20-29)28(34)18-36-2)17-24-6-9-26(27(16-24)37-3)38-15-14-31-11-10-30-22-31/h4-11,16,22,35H,12-15,17-21H2,1-3H3/t29-/m0/s1. The molecule has 0 bridgehead atoms. The topological polar surface area (TPSA) is 98.5 Å². The Morgan fingerprint density at radius 3 is 2.59 bits per heavy atom. The largest absolute Gasteiger partial charge is 0.493 e. The predicted octanol–water partition coefficient (Wildman–Crippen LogP) is 2.38. The van der Waals surface area contributed by atoms with Crippen LogP contribution in [0.15, 0.2) is 61.2 Å². The van der Waals surface area contributed by atoms with Gasteiger partial charge in [0.05, 0.1) is 26.5 Å². The van der Waals surface area contributed by atoms with Crippen molar-refractivity contribution >= 4 is 5.91 Å². The van der Waals surface area contributed by atoms with E-state index in [1.54, 1.807) is 24.5 Å². The Hall–Kier alpha value is -3.60. The van der Waals surface area contributed by atoms with Gasteiger partial charge in [-0.2, -0.15) is 0 Å². The number of nitrogens with zero attached hydrogens (tertiary/aromatic N) is 4. The summed E-state index contributed by atoms with van der Waals surface area (Å²) >= 11 is 0. The number of rotatable bonds is 12. The lowest BCUT2D eigenvalue weighted by Crippen LogP contribution is -2.52. The number of ether oxygens (including phenoxy) is 4. The monoisotopic (exact) mass is 538 g/mol. The second-order valence-electron chi connectivity index (χ2n) is 9.92. The molecule has 2 aromatic carbocycles. The van der Waals surface area contributed by atoms with Gasteiger partial charge in [-0.05, 0) is 36.8 Å². The molecule has 1 aliphatic heterocycles. The summed E-state index contributed by atoms with van der Waals surface area (Å²) in [6.45, 7) is 5.31. The number of benzene rings is 2. The fourth-order valence-electron chi connectivity index (χ4n) is 4.62. The molecule has 1 saturated heterocycles. The molecular weight excluding hydrogens is 500 g/mol. The SMILES string of the molecule is COCC(=O)N1CCN(Cc2ccc(OCCn3ccnc3)c(OC)c2)C[C@@](O)(COc2ccc(C)cc2)C1. The summed E-state index contributed by atoms with van der Waals surface area (Å²) in [6.07, 6.45) is 5.38. The third kappa shape index (κ3) is 8.19. The lowest BCUT2D eigenvalue weighted by Gasteiger charge is -2.33. The van der Waals surface area contributed by atoms with E-state index >= 15 is 0 Å². The fourth-order valence-corrected chi connectivity index (χ4v) is 4.62. The van der Waals surface area contributed by atoms with Crippen LogP contribution in [0.1, 0.15) is 11.1 Å². The molecule has 1 aliphatic rings. The average molecular weight is 539 g/mol. The van der Waals surface area contributed by atoms with Gasteiger partial charge in [-0.1, -0.05) is 23.8 Å². The van der Waals surface area contributed by atoms with Gasteiger partial charge in [-0.25, -0.2) is 4.98 Å². The second-order valence-corrected chi connectivity index (χ2v) is 9.92. The van der Waals surface area contributed by atoms with E-state index in [-0.39, 0.29) is 25.7 Å². The Morgan fingerprint density at radius 2 is 1.87 bits per heavy atom. The maximum absolute atomic E-state index is 12.7. The van der Waals surface area contributed by atoms with Crippen LogP contribution < -0.4 is 14.2 Å². The molecule has 3 aromatic rings. The Labute approximate surface area is 229 Å². The van der Waals surface area contributed by atoms with Crippen LogP contribution in [0.4, 0.5) is 0 Å². The van der Waals surface area contributed by atoms with Crippen LogP contribution in [-0.2, 0) is 22.6 Å². The van der Waals surface area contributed by atoms with E-state index in [1.807, 2.05) is 60.2 Å². The van der Waals surface area contributed by atoms with E-state index < -0.39 is 5.60 Å². The van der Waals surface area contributed by atoms with Crippen LogP contribution >= 0.6 is 0 Å². The van der Waals surface area contributed by atoms with Crippen LogP contribution in [0.5, 0.6) is 17.2 Å². The number of hydrogen-bond donors (Lipinski definition) is 1. The van der Waals surface area contributed by atoms with E-state index in [2.05, 4.69) is 9.88 Å². The average Bonchev–Trinajstić information content (AvgIpc) is 3.39. The molecule has 2 heterocycles. The number of aliphatic hydroxyl groups is 1. The molecule has 0 spiro atoms. The number of carbonyl (C=O) groups excluding carboxylic acids is 1. The third-order valence-electron chi connectivity index (χ3n) is 6.64. The molecule has 0 radical (unpaired) electrons. The summed E-state index contributed by atoms with van der Waals surface area (Å²) in [5.74, 6) is 1.82. The highest BCUT2D eigenvalue weighted by Gasteiger charge is 2.37. The minimum atomic E-state index is -1.27. The maximum atomic E-state index is 12.7. The van der Waals surface area contributed by atoms with Crippen molar-refractivity contribution in [1.29, 1.82) is 0 Å². The Bertz CT molecular complexity index is 1190. The van der Waals surface area contributed by atoms with Crippen LogP contribution in [0.25, 0.3) is 0 Å². The molecule has 1 fully saturated rings. The van der Waals surface area contributed by atoms with Crippen molar-refractivity contribution < 1.29 is 28.8 Å². The molecule has 0 saturated carbocycles. The van der Waals surface area contributed by atoms with Gasteiger partial charge in [0, 0.05) is 45.7 Å². The molecule has 1 aromatic heterocycles. The Morgan fingerprint density at radius 1 is 1.05 bits per heavy atom. The number of methoxy groups -OCH3 is 2. The zero-order valence-electron chi connectivity index (χ0n) is 22.9. The molecule has 0 aliphatic carbocycles. The van der Waals surface area contributed by atoms with Crippen LogP contribution in [0.2, 0.25) is 0 Å². The molecule has 0 unspecified atom stereocenters. The molecule has 1 amide bonds. The van der Waals surface area contributed by atoms with Gasteiger partial charge >= 0.3 is 0 Å². The minimum Gasteiger partial charge on any atom is -0.493 e. The van der Waals surface area contributed by atoms with Crippen LogP contribution in [0, 0.1) is 6.92 Å². The molecule has 1 N–H and O–H groups in total. The Balaban J connectivity index is 1.44. The third-order valence-corrected chi connectivity index (χ3v) is 6.64. The number of hydrogen-bond acceptors (Lipinski definition) is 8. The molecule has 1 atom stereocenters. The quantitative estimate of drug-likeness (QED) is 0.375. The molecular formula is C29H38N4O6. The molecule has 210 valence electrons. The van der Waals surface area contributed by atoms with Gasteiger partial charge in [0.15, 0.2) is 11.5 Å². The van der Waals surface area contributed by atoms with Gasteiger partial charge in [-0.3, -0.25) is 9.69 Å². The first-order valence-corrected chi connectivity index (χ1v) is 13.0. The van der Waals surface area contributed by atoms with Gasteiger partial charge in [0.2, 0.25) is 5.91 Å². The zero-order valence-corrected chi connectivity index (χ0v) is 22.9. The highest BCUT2D eigenvalue weighted by Crippen LogP contribution is 2.29. The number of β-amino-alcohol motifs (C(OH)–C–C–N with tert-alkyl or cyclic N) is 1. The van der Waals surface area contributed by atoms with E-state index in [0.29, 0.717) is 56.6 Å². The first-order valence-electron chi connectivity index (χ1n) is 13.0. The predicted molar refractivity (Wildman–Crippen MR) is 146 cm³/mol.